The van der Waals surface area contributed by atoms with Crippen LogP contribution >= 0.6 is 0 Å². The minimum Gasteiger partial charge on any atom is -0.490 e. The molecule has 12 heteroatoms. The van der Waals surface area contributed by atoms with E-state index in [0.717, 1.165) is 86.6 Å². The van der Waals surface area contributed by atoms with Crippen molar-refractivity contribution in [3.63, 3.8) is 0 Å². The van der Waals surface area contributed by atoms with Crippen LogP contribution in [0, 0.1) is 17.8 Å². The molecule has 0 aromatic heterocycles. The lowest BCUT2D eigenvalue weighted by molar-refractivity contribution is -0.258. The van der Waals surface area contributed by atoms with Gasteiger partial charge in [0.25, 0.3) is 0 Å². The average molecular weight is 927 g/mol. The highest BCUT2D eigenvalue weighted by Crippen LogP contribution is 2.62. The molecule has 2 N–H and O–H groups in total. The van der Waals surface area contributed by atoms with E-state index in [2.05, 4.69) is 32.2 Å². The van der Waals surface area contributed by atoms with Gasteiger partial charge in [0.15, 0.2) is 11.5 Å². The maximum atomic E-state index is 15.3. The molecule has 7 atom stereocenters. The van der Waals surface area contributed by atoms with Gasteiger partial charge in [0, 0.05) is 50.5 Å². The fourth-order valence-corrected chi connectivity index (χ4v) is 11.1. The summed E-state index contributed by atoms with van der Waals surface area (Å²) in [7, 11) is 0. The monoisotopic (exact) mass is 927 g/mol. The van der Waals surface area contributed by atoms with Gasteiger partial charge in [0.2, 0.25) is 24.8 Å². The third-order valence-corrected chi connectivity index (χ3v) is 14.4. The average Bonchev–Trinajstić information content (AvgIpc) is 3.83. The molecule has 3 aliphatic heterocycles. The van der Waals surface area contributed by atoms with Gasteiger partial charge in [-0.3, -0.25) is 4.79 Å². The number of amides is 1. The Bertz CT molecular complexity index is 1960. The molecule has 1 amide bonds. The van der Waals surface area contributed by atoms with E-state index in [1.807, 2.05) is 35.2 Å². The van der Waals surface area contributed by atoms with Crippen molar-refractivity contribution in [3.05, 3.63) is 84.5 Å². The molecule has 7 rings (SSSR count). The number of aliphatic hydroxyl groups is 2. The number of benzene rings is 2. The second kappa shape index (κ2) is 25.8. The molecule has 1 saturated carbocycles. The SMILES string of the molecule is C=CCOc1ccc2c(c1)C1C(CCCCO)C(CCCCO)C=C3C(=NOC4CCCCO4)CC(N(Cc4ccc5c(c4)OCO5)C(=O)CCCCCCCCCCC)C(OCC=C)(O2)C31. The van der Waals surface area contributed by atoms with Crippen molar-refractivity contribution in [2.75, 3.05) is 39.8 Å². The van der Waals surface area contributed by atoms with Gasteiger partial charge in [-0.25, -0.2) is 0 Å². The van der Waals surface area contributed by atoms with Gasteiger partial charge < -0.3 is 48.4 Å². The number of ether oxygens (including phenoxy) is 6. The number of allylic oxidation sites excluding steroid dienone is 1. The zero-order valence-electron chi connectivity index (χ0n) is 40.2. The van der Waals surface area contributed by atoms with Crippen LogP contribution in [0.4, 0.5) is 0 Å². The van der Waals surface area contributed by atoms with E-state index in [1.165, 1.54) is 38.5 Å². The van der Waals surface area contributed by atoms with Crippen LogP contribution < -0.4 is 18.9 Å². The summed E-state index contributed by atoms with van der Waals surface area (Å²) in [6.07, 6.45) is 23.9. The first-order valence-corrected chi connectivity index (χ1v) is 25.7. The number of nitrogens with zero attached hydrogens (tertiary/aromatic N) is 2. The molecule has 7 unspecified atom stereocenters. The van der Waals surface area contributed by atoms with E-state index in [9.17, 15) is 10.2 Å². The molecule has 0 radical (unpaired) electrons. The Labute approximate surface area is 399 Å². The highest BCUT2D eigenvalue weighted by Gasteiger charge is 2.65. The molecule has 0 bridgehead atoms. The lowest BCUT2D eigenvalue weighted by Gasteiger charge is -2.60. The van der Waals surface area contributed by atoms with Crippen molar-refractivity contribution in [2.45, 2.75) is 166 Å². The minimum atomic E-state index is -1.38. The first-order valence-electron chi connectivity index (χ1n) is 25.7. The molecule has 67 heavy (non-hydrogen) atoms. The number of aliphatic hydroxyl groups excluding tert-OH is 2. The van der Waals surface area contributed by atoms with Gasteiger partial charge in [-0.1, -0.05) is 107 Å². The molecular formula is C55H78N2O10. The summed E-state index contributed by atoms with van der Waals surface area (Å²) in [4.78, 5) is 23.7. The Kier molecular flexibility index (Phi) is 19.5. The number of carbonyl (C=O) groups excluding carboxylic acids is 1. The summed E-state index contributed by atoms with van der Waals surface area (Å²) in [5, 5.41) is 25.1. The van der Waals surface area contributed by atoms with Crippen LogP contribution in [0.3, 0.4) is 0 Å². The first kappa shape index (κ1) is 50.5. The second-order valence-electron chi connectivity index (χ2n) is 19.1. The van der Waals surface area contributed by atoms with E-state index < -0.39 is 24.0 Å². The highest BCUT2D eigenvalue weighted by molar-refractivity contribution is 6.03. The molecule has 3 heterocycles. The first-order chi connectivity index (χ1) is 32.9. The molecule has 2 fully saturated rings. The molecule has 2 aromatic rings. The molecule has 1 saturated heterocycles. The number of oxime groups is 1. The van der Waals surface area contributed by atoms with Gasteiger partial charge in [-0.15, -0.1) is 6.58 Å². The van der Waals surface area contributed by atoms with Gasteiger partial charge in [-0.2, -0.15) is 0 Å². The van der Waals surface area contributed by atoms with Crippen LogP contribution in [-0.2, 0) is 25.7 Å². The Morgan fingerprint density at radius 3 is 2.36 bits per heavy atom. The van der Waals surface area contributed by atoms with Crippen molar-refractivity contribution < 1.29 is 48.3 Å². The molecule has 0 spiro atoms. The maximum Gasteiger partial charge on any atom is 0.239 e. The number of hydrogen-bond donors (Lipinski definition) is 2. The quantitative estimate of drug-likeness (QED) is 0.0461. The molecule has 2 aliphatic carbocycles. The Hall–Kier alpha value is -4.36. The predicted molar refractivity (Wildman–Crippen MR) is 260 cm³/mol. The van der Waals surface area contributed by atoms with Crippen molar-refractivity contribution in [1.82, 2.24) is 4.90 Å². The fraction of sp³-hybridized carbons (Fsp3) is 0.636. The zero-order chi connectivity index (χ0) is 46.9. The van der Waals surface area contributed by atoms with Crippen LogP contribution in [0.15, 0.2) is 78.5 Å². The van der Waals surface area contributed by atoms with Crippen LogP contribution in [-0.4, -0.2) is 84.7 Å². The number of fused-ring (bicyclic) bond motifs is 3. The van der Waals surface area contributed by atoms with E-state index in [0.29, 0.717) is 61.9 Å². The van der Waals surface area contributed by atoms with Crippen molar-refractivity contribution in [3.8, 4) is 23.0 Å². The van der Waals surface area contributed by atoms with Crippen LogP contribution in [0.5, 0.6) is 23.0 Å². The summed E-state index contributed by atoms with van der Waals surface area (Å²) >= 11 is 0. The number of rotatable bonds is 29. The third-order valence-electron chi connectivity index (χ3n) is 14.4. The number of carbonyl (C=O) groups is 1. The normalized spacial score (nSPS) is 25.4. The minimum absolute atomic E-state index is 0.0202. The van der Waals surface area contributed by atoms with E-state index in [-0.39, 0.29) is 56.8 Å². The van der Waals surface area contributed by atoms with Gasteiger partial charge in [-0.05, 0) is 98.2 Å². The van der Waals surface area contributed by atoms with E-state index in [4.69, 9.17) is 38.4 Å². The van der Waals surface area contributed by atoms with E-state index in [1.54, 1.807) is 12.2 Å². The summed E-state index contributed by atoms with van der Waals surface area (Å²) in [5.74, 6) is 0.964. The van der Waals surface area contributed by atoms with E-state index >= 15 is 4.79 Å². The van der Waals surface area contributed by atoms with Crippen molar-refractivity contribution in [2.24, 2.45) is 22.9 Å². The smallest absolute Gasteiger partial charge is 0.239 e. The summed E-state index contributed by atoms with van der Waals surface area (Å²) in [6, 6.07) is 11.3. The maximum absolute atomic E-state index is 15.3. The molecule has 368 valence electrons. The van der Waals surface area contributed by atoms with Crippen LogP contribution in [0.25, 0.3) is 0 Å². The van der Waals surface area contributed by atoms with Crippen molar-refractivity contribution >= 4 is 11.6 Å². The predicted octanol–water partition coefficient (Wildman–Crippen LogP) is 11.1. The molecule has 5 aliphatic rings. The summed E-state index contributed by atoms with van der Waals surface area (Å²) < 4.78 is 38.6. The lowest BCUT2D eigenvalue weighted by atomic mass is 9.55. The third kappa shape index (κ3) is 12.7. The summed E-state index contributed by atoms with van der Waals surface area (Å²) in [6.45, 7) is 12.1. The fourth-order valence-electron chi connectivity index (χ4n) is 11.1. The van der Waals surface area contributed by atoms with Gasteiger partial charge in [0.1, 0.15) is 24.1 Å². The second-order valence-corrected chi connectivity index (χ2v) is 19.1. The molecule has 12 nitrogen and oxygen atoms in total. The van der Waals surface area contributed by atoms with Crippen LogP contribution in [0.2, 0.25) is 0 Å². The Morgan fingerprint density at radius 2 is 1.61 bits per heavy atom. The highest BCUT2D eigenvalue weighted by atomic mass is 16.8. The van der Waals surface area contributed by atoms with Crippen LogP contribution in [0.1, 0.15) is 152 Å². The molecular weight excluding hydrogens is 849 g/mol. The van der Waals surface area contributed by atoms with Gasteiger partial charge >= 0.3 is 0 Å². The standard InChI is InChI=1S/C55H78N2O10/c1-4-7-8-9-10-11-12-13-14-23-51(60)57(38-40-25-27-48-49(34-40)64-39-63-48)50-37-46(56-67-52-24-17-20-33-62-52)44-35-41(21-15-18-29-58)43(22-16-19-30-59)53-45-36-42(61-31-5-2)26-28-47(45)66-55(50,54(44)53)65-32-6-3/h5-6,25-28,34-36,41,43,50,52-54,58-59H,2-4,7-24,29-33,37-39H2,1H3. The largest absolute Gasteiger partial charge is 0.490 e. The zero-order valence-corrected chi connectivity index (χ0v) is 40.2. The van der Waals surface area contributed by atoms with Gasteiger partial charge in [0.05, 0.1) is 24.8 Å². The lowest BCUT2D eigenvalue weighted by Crippen LogP contribution is -2.70. The topological polar surface area (TPSA) is 138 Å². The molecule has 2 aromatic carbocycles. The number of unbranched alkanes of at least 4 members (excludes halogenated alkanes) is 10. The Balaban J connectivity index is 1.36. The van der Waals surface area contributed by atoms with Crippen molar-refractivity contribution in [1.29, 1.82) is 0 Å². The Morgan fingerprint density at radius 1 is 0.866 bits per heavy atom. The number of hydrogen-bond acceptors (Lipinski definition) is 11. The summed E-state index contributed by atoms with van der Waals surface area (Å²) in [5.41, 5.74) is 3.66.